The second-order valence-electron chi connectivity index (χ2n) is 8.94. The van der Waals surface area contributed by atoms with E-state index in [1.807, 2.05) is 13.8 Å². The van der Waals surface area contributed by atoms with Gasteiger partial charge in [-0.05, 0) is 76.6 Å². The van der Waals surface area contributed by atoms with Crippen LogP contribution in [0.5, 0.6) is 5.75 Å². The zero-order chi connectivity index (χ0) is 26.1. The average molecular weight is 545 g/mol. The molecule has 3 aromatic rings. The third-order valence-electron chi connectivity index (χ3n) is 5.39. The van der Waals surface area contributed by atoms with Crippen molar-refractivity contribution in [3.8, 4) is 5.75 Å². The number of ether oxygens (including phenoxy) is 2. The van der Waals surface area contributed by atoms with Crippen LogP contribution in [0.15, 0.2) is 63.5 Å². The number of carbonyl (C=O) groups is 1. The monoisotopic (exact) mass is 544 g/mol. The molecular weight excluding hydrogens is 519 g/mol. The molecule has 1 aliphatic heterocycles. The number of thiazole rings is 1. The number of nitrogens with zero attached hydrogens (tertiary/aromatic N) is 2. The predicted octanol–water partition coefficient (Wildman–Crippen LogP) is 5.28. The molecule has 0 unspecified atom stereocenters. The molecule has 0 N–H and O–H groups in total. The lowest BCUT2D eigenvalue weighted by Gasteiger charge is -2.25. The summed E-state index contributed by atoms with van der Waals surface area (Å²) in [4.78, 5) is 32.0. The highest BCUT2D eigenvalue weighted by atomic mass is 35.5. The summed E-state index contributed by atoms with van der Waals surface area (Å²) in [6.07, 6.45) is 1.37. The smallest absolute Gasteiger partial charge is 0.338 e. The first-order valence-corrected chi connectivity index (χ1v) is 13.1. The number of rotatable bonds is 6. The fraction of sp³-hybridized carbons (Fsp3) is 0.296. The third-order valence-corrected chi connectivity index (χ3v) is 6.86. The zero-order valence-corrected chi connectivity index (χ0v) is 22.9. The lowest BCUT2D eigenvalue weighted by molar-refractivity contribution is -0.143. The van der Waals surface area contributed by atoms with Gasteiger partial charge in [0, 0.05) is 15.6 Å². The Morgan fingerprint density at radius 1 is 1.06 bits per heavy atom. The summed E-state index contributed by atoms with van der Waals surface area (Å²) in [6, 6.07) is 11.6. The van der Waals surface area contributed by atoms with Crippen molar-refractivity contribution in [2.45, 2.75) is 52.9 Å². The second-order valence-corrected chi connectivity index (χ2v) is 10.8. The van der Waals surface area contributed by atoms with Gasteiger partial charge in [-0.15, -0.1) is 0 Å². The summed E-state index contributed by atoms with van der Waals surface area (Å²) >= 11 is 13.6. The Balaban J connectivity index is 1.94. The van der Waals surface area contributed by atoms with E-state index < -0.39 is 12.0 Å². The molecule has 0 amide bonds. The van der Waals surface area contributed by atoms with Crippen molar-refractivity contribution in [2.75, 3.05) is 0 Å². The van der Waals surface area contributed by atoms with Gasteiger partial charge in [0.25, 0.3) is 5.56 Å². The average Bonchev–Trinajstić information content (AvgIpc) is 3.09. The van der Waals surface area contributed by atoms with Crippen LogP contribution < -0.4 is 19.6 Å². The van der Waals surface area contributed by atoms with Crippen LogP contribution in [0.2, 0.25) is 10.0 Å². The molecule has 2 aromatic carbocycles. The summed E-state index contributed by atoms with van der Waals surface area (Å²) in [6.45, 7) is 9.17. The fourth-order valence-electron chi connectivity index (χ4n) is 3.96. The Labute approximate surface area is 223 Å². The van der Waals surface area contributed by atoms with Crippen LogP contribution in [0.25, 0.3) is 6.08 Å². The number of hydrogen-bond acceptors (Lipinski definition) is 6. The van der Waals surface area contributed by atoms with Gasteiger partial charge in [0.05, 0.1) is 34.1 Å². The van der Waals surface area contributed by atoms with Crippen LogP contribution in [-0.4, -0.2) is 22.7 Å². The summed E-state index contributed by atoms with van der Waals surface area (Å²) in [5, 5.41) is 1.08. The van der Waals surface area contributed by atoms with Gasteiger partial charge >= 0.3 is 5.97 Å². The highest BCUT2D eigenvalue weighted by Crippen LogP contribution is 2.32. The summed E-state index contributed by atoms with van der Waals surface area (Å²) in [7, 11) is 0. The normalized spacial score (nSPS) is 15.8. The molecule has 9 heteroatoms. The molecule has 0 spiro atoms. The van der Waals surface area contributed by atoms with E-state index in [2.05, 4.69) is 4.99 Å². The van der Waals surface area contributed by atoms with Gasteiger partial charge in [-0.3, -0.25) is 9.36 Å². The molecule has 36 heavy (non-hydrogen) atoms. The molecule has 0 saturated heterocycles. The van der Waals surface area contributed by atoms with E-state index in [1.165, 1.54) is 15.9 Å². The van der Waals surface area contributed by atoms with Crippen molar-refractivity contribution in [1.29, 1.82) is 0 Å². The number of benzene rings is 2. The van der Waals surface area contributed by atoms with E-state index >= 15 is 0 Å². The first-order chi connectivity index (χ1) is 17.0. The molecule has 2 heterocycles. The minimum absolute atomic E-state index is 0.0540. The van der Waals surface area contributed by atoms with Crippen molar-refractivity contribution in [2.24, 2.45) is 4.99 Å². The number of allylic oxidation sites excluding steroid dienone is 1. The van der Waals surface area contributed by atoms with Gasteiger partial charge < -0.3 is 9.47 Å². The standard InChI is InChI=1S/C27H26Cl2N2O4S/c1-14(2)34-21-11-10-20(29)12-18(21)13-22-25(32)31-24(17-6-8-19(28)9-7-17)23(26(33)35-15(3)4)16(5)30-27(31)36-22/h6-15,24H,1-5H3/b22-13+/t24-/m0/s1. The number of hydrogen-bond donors (Lipinski definition) is 0. The first-order valence-electron chi connectivity index (χ1n) is 11.5. The predicted molar refractivity (Wildman–Crippen MR) is 144 cm³/mol. The summed E-state index contributed by atoms with van der Waals surface area (Å²) in [5.41, 5.74) is 1.94. The maximum Gasteiger partial charge on any atom is 0.338 e. The van der Waals surface area contributed by atoms with E-state index in [0.29, 0.717) is 42.0 Å². The maximum atomic E-state index is 13.8. The van der Waals surface area contributed by atoms with Gasteiger partial charge in [-0.1, -0.05) is 46.7 Å². The van der Waals surface area contributed by atoms with E-state index in [9.17, 15) is 9.59 Å². The van der Waals surface area contributed by atoms with E-state index in [1.54, 1.807) is 69.3 Å². The molecule has 0 bridgehead atoms. The van der Waals surface area contributed by atoms with Crippen LogP contribution >= 0.6 is 34.5 Å². The summed E-state index contributed by atoms with van der Waals surface area (Å²) < 4.78 is 13.4. The van der Waals surface area contributed by atoms with E-state index in [4.69, 9.17) is 32.7 Å². The number of esters is 1. The topological polar surface area (TPSA) is 69.9 Å². The van der Waals surface area contributed by atoms with Gasteiger partial charge in [0.1, 0.15) is 5.75 Å². The molecule has 1 atom stereocenters. The Hall–Kier alpha value is -2.87. The molecule has 0 saturated carbocycles. The summed E-state index contributed by atoms with van der Waals surface area (Å²) in [5.74, 6) is 0.106. The number of carbonyl (C=O) groups excluding carboxylic acids is 1. The van der Waals surface area contributed by atoms with Crippen molar-refractivity contribution < 1.29 is 14.3 Å². The Bertz CT molecular complexity index is 1520. The first kappa shape index (κ1) is 26.2. The van der Waals surface area contributed by atoms with Crippen LogP contribution in [0.4, 0.5) is 0 Å². The highest BCUT2D eigenvalue weighted by molar-refractivity contribution is 7.07. The molecule has 0 radical (unpaired) electrons. The largest absolute Gasteiger partial charge is 0.490 e. The molecule has 188 valence electrons. The number of aromatic nitrogens is 1. The highest BCUT2D eigenvalue weighted by Gasteiger charge is 2.33. The minimum Gasteiger partial charge on any atom is -0.490 e. The quantitative estimate of drug-likeness (QED) is 0.396. The Kier molecular flexibility index (Phi) is 7.73. The van der Waals surface area contributed by atoms with Crippen molar-refractivity contribution >= 4 is 46.6 Å². The van der Waals surface area contributed by atoms with Crippen LogP contribution in [0.1, 0.15) is 51.8 Å². The molecule has 4 rings (SSSR count). The molecule has 1 aromatic heterocycles. The van der Waals surface area contributed by atoms with E-state index in [0.717, 1.165) is 5.56 Å². The third kappa shape index (κ3) is 5.43. The van der Waals surface area contributed by atoms with Crippen LogP contribution in [-0.2, 0) is 9.53 Å². The van der Waals surface area contributed by atoms with Crippen molar-refractivity contribution in [3.05, 3.63) is 94.6 Å². The fourth-order valence-corrected chi connectivity index (χ4v) is 5.30. The number of halogens is 2. The Morgan fingerprint density at radius 2 is 1.72 bits per heavy atom. The maximum absolute atomic E-state index is 13.8. The second kappa shape index (κ2) is 10.6. The molecule has 0 aliphatic carbocycles. The van der Waals surface area contributed by atoms with Crippen molar-refractivity contribution in [3.63, 3.8) is 0 Å². The van der Waals surface area contributed by atoms with Crippen molar-refractivity contribution in [1.82, 2.24) is 4.57 Å². The zero-order valence-electron chi connectivity index (χ0n) is 20.5. The molecular formula is C27H26Cl2N2O4S. The minimum atomic E-state index is -0.710. The van der Waals surface area contributed by atoms with E-state index in [-0.39, 0.29) is 17.8 Å². The van der Waals surface area contributed by atoms with Gasteiger partial charge in [-0.2, -0.15) is 0 Å². The lowest BCUT2D eigenvalue weighted by Crippen LogP contribution is -2.40. The number of fused-ring (bicyclic) bond motifs is 1. The molecule has 6 nitrogen and oxygen atoms in total. The molecule has 1 aliphatic rings. The Morgan fingerprint density at radius 3 is 2.36 bits per heavy atom. The van der Waals surface area contributed by atoms with Crippen LogP contribution in [0.3, 0.4) is 0 Å². The SMILES string of the molecule is CC1=C(C(=O)OC(C)C)[C@H](c2ccc(Cl)cc2)n2c(s/c(=C/c3cc(Cl)ccc3OC(C)C)c2=O)=N1. The molecule has 0 fully saturated rings. The van der Waals surface area contributed by atoms with Gasteiger partial charge in [0.15, 0.2) is 4.80 Å². The van der Waals surface area contributed by atoms with Gasteiger partial charge in [0.2, 0.25) is 0 Å². The van der Waals surface area contributed by atoms with Crippen LogP contribution in [0, 0.1) is 0 Å². The lowest BCUT2D eigenvalue weighted by atomic mass is 9.96. The van der Waals surface area contributed by atoms with Gasteiger partial charge in [-0.25, -0.2) is 9.79 Å².